The summed E-state index contributed by atoms with van der Waals surface area (Å²) in [5, 5.41) is 0. The number of nitrogens with zero attached hydrogens (tertiary/aromatic N) is 1. The van der Waals surface area contributed by atoms with Gasteiger partial charge < -0.3 is 4.42 Å². The predicted octanol–water partition coefficient (Wildman–Crippen LogP) is 3.25. The number of rotatable bonds is 1. The molecule has 0 atom stereocenters. The second-order valence-corrected chi connectivity index (χ2v) is 3.86. The Labute approximate surface area is 90.1 Å². The van der Waals surface area contributed by atoms with Crippen LogP contribution in [0.4, 0.5) is 0 Å². The Morgan fingerprint density at radius 3 is 2.46 bits per heavy atom. The third-order valence-corrected chi connectivity index (χ3v) is 2.61. The van der Waals surface area contributed by atoms with Crippen molar-refractivity contribution in [2.75, 3.05) is 0 Å². The maximum atomic E-state index is 5.27. The molecular formula is C10H8INO. The van der Waals surface area contributed by atoms with Gasteiger partial charge in [-0.3, -0.25) is 0 Å². The molecule has 66 valence electrons. The van der Waals surface area contributed by atoms with E-state index in [0.29, 0.717) is 0 Å². The van der Waals surface area contributed by atoms with Crippen molar-refractivity contribution in [2.45, 2.75) is 6.92 Å². The summed E-state index contributed by atoms with van der Waals surface area (Å²) in [6.45, 7) is 2.06. The van der Waals surface area contributed by atoms with E-state index >= 15 is 0 Å². The molecular weight excluding hydrogens is 277 g/mol. The van der Waals surface area contributed by atoms with Gasteiger partial charge in [-0.15, -0.1) is 0 Å². The molecule has 0 fully saturated rings. The highest BCUT2D eigenvalue weighted by Gasteiger charge is 2.06. The maximum absolute atomic E-state index is 5.27. The lowest BCUT2D eigenvalue weighted by Gasteiger charge is -1.97. The van der Waals surface area contributed by atoms with E-state index in [1.807, 2.05) is 12.1 Å². The van der Waals surface area contributed by atoms with E-state index in [4.69, 9.17) is 4.42 Å². The number of aryl methyl sites for hydroxylation is 1. The number of aromatic nitrogens is 1. The van der Waals surface area contributed by atoms with Gasteiger partial charge >= 0.3 is 0 Å². The van der Waals surface area contributed by atoms with E-state index in [1.165, 1.54) is 12.0 Å². The van der Waals surface area contributed by atoms with Crippen molar-refractivity contribution in [3.8, 4) is 11.3 Å². The Hall–Kier alpha value is -0.840. The molecule has 0 spiro atoms. The summed E-state index contributed by atoms with van der Waals surface area (Å²) in [7, 11) is 0. The fraction of sp³-hybridized carbons (Fsp3) is 0.100. The van der Waals surface area contributed by atoms with E-state index in [0.717, 1.165) is 15.0 Å². The first-order valence-corrected chi connectivity index (χ1v) is 5.01. The third-order valence-electron chi connectivity index (χ3n) is 1.84. The van der Waals surface area contributed by atoms with Crippen molar-refractivity contribution in [3.05, 3.63) is 39.9 Å². The van der Waals surface area contributed by atoms with Crippen LogP contribution in [0.25, 0.3) is 11.3 Å². The lowest BCUT2D eigenvalue weighted by molar-refractivity contribution is 0.571. The fourth-order valence-electron chi connectivity index (χ4n) is 1.12. The molecule has 0 bridgehead atoms. The molecule has 0 saturated heterocycles. The first kappa shape index (κ1) is 8.74. The molecule has 0 unspecified atom stereocenters. The summed E-state index contributed by atoms with van der Waals surface area (Å²) in [5.74, 6) is 0.848. The summed E-state index contributed by atoms with van der Waals surface area (Å²) < 4.78 is 6.18. The molecule has 2 nitrogen and oxygen atoms in total. The Morgan fingerprint density at radius 2 is 1.92 bits per heavy atom. The normalized spacial score (nSPS) is 10.3. The van der Waals surface area contributed by atoms with Gasteiger partial charge in [-0.1, -0.05) is 29.8 Å². The minimum atomic E-state index is 0.848. The molecule has 1 heterocycles. The highest BCUT2D eigenvalue weighted by atomic mass is 127. The van der Waals surface area contributed by atoms with Crippen LogP contribution in [0.15, 0.2) is 35.1 Å². The largest absolute Gasteiger partial charge is 0.442 e. The van der Waals surface area contributed by atoms with Gasteiger partial charge in [0.15, 0.2) is 12.2 Å². The van der Waals surface area contributed by atoms with Crippen molar-refractivity contribution in [2.24, 2.45) is 0 Å². The Bertz CT molecular complexity index is 405. The first-order valence-electron chi connectivity index (χ1n) is 3.93. The zero-order chi connectivity index (χ0) is 9.26. The minimum absolute atomic E-state index is 0.848. The van der Waals surface area contributed by atoms with Crippen molar-refractivity contribution in [3.63, 3.8) is 0 Å². The van der Waals surface area contributed by atoms with Crippen molar-refractivity contribution >= 4 is 22.6 Å². The van der Waals surface area contributed by atoms with E-state index < -0.39 is 0 Å². The Morgan fingerprint density at radius 1 is 1.23 bits per heavy atom. The average Bonchev–Trinajstić information content (AvgIpc) is 2.53. The van der Waals surface area contributed by atoms with Crippen LogP contribution >= 0.6 is 22.6 Å². The number of oxazole rings is 1. The predicted molar refractivity (Wildman–Crippen MR) is 59.4 cm³/mol. The number of hydrogen-bond acceptors (Lipinski definition) is 2. The lowest BCUT2D eigenvalue weighted by atomic mass is 10.1. The van der Waals surface area contributed by atoms with Gasteiger partial charge in [-0.05, 0) is 29.5 Å². The standard InChI is InChI=1S/C10H8INO/c1-7-2-4-8(5-3-7)9-10(11)12-6-13-9/h2-6H,1H3. The van der Waals surface area contributed by atoms with Crippen LogP contribution in [0.2, 0.25) is 0 Å². The molecule has 1 aromatic carbocycles. The third kappa shape index (κ3) is 1.75. The van der Waals surface area contributed by atoms with Crippen LogP contribution in [0.1, 0.15) is 5.56 Å². The van der Waals surface area contributed by atoms with Gasteiger partial charge in [-0.25, -0.2) is 4.98 Å². The van der Waals surface area contributed by atoms with Crippen LogP contribution in [-0.4, -0.2) is 4.98 Å². The van der Waals surface area contributed by atoms with Gasteiger partial charge in [0.1, 0.15) is 3.70 Å². The zero-order valence-electron chi connectivity index (χ0n) is 7.12. The molecule has 2 rings (SSSR count). The molecule has 0 saturated carbocycles. The summed E-state index contributed by atoms with van der Waals surface area (Å²) >= 11 is 2.16. The van der Waals surface area contributed by atoms with E-state index in [1.54, 1.807) is 0 Å². The Kier molecular flexibility index (Phi) is 2.35. The van der Waals surface area contributed by atoms with Gasteiger partial charge in [-0.2, -0.15) is 0 Å². The van der Waals surface area contributed by atoms with Crippen LogP contribution in [0.3, 0.4) is 0 Å². The number of halogens is 1. The summed E-state index contributed by atoms with van der Waals surface area (Å²) in [4.78, 5) is 4.04. The molecule has 1 aromatic heterocycles. The van der Waals surface area contributed by atoms with Crippen molar-refractivity contribution in [1.29, 1.82) is 0 Å². The quantitative estimate of drug-likeness (QED) is 0.752. The van der Waals surface area contributed by atoms with Crippen LogP contribution in [-0.2, 0) is 0 Å². The molecule has 0 amide bonds. The maximum Gasteiger partial charge on any atom is 0.182 e. The zero-order valence-corrected chi connectivity index (χ0v) is 9.28. The highest BCUT2D eigenvalue weighted by molar-refractivity contribution is 14.1. The molecule has 0 aliphatic rings. The Balaban J connectivity index is 2.47. The smallest absolute Gasteiger partial charge is 0.182 e. The number of hydrogen-bond donors (Lipinski definition) is 0. The van der Waals surface area contributed by atoms with Crippen molar-refractivity contribution in [1.82, 2.24) is 4.98 Å². The summed E-state index contributed by atoms with van der Waals surface area (Å²) in [5.41, 5.74) is 2.32. The second-order valence-electron chi connectivity index (χ2n) is 2.84. The molecule has 2 aromatic rings. The molecule has 0 radical (unpaired) electrons. The van der Waals surface area contributed by atoms with Crippen LogP contribution < -0.4 is 0 Å². The SMILES string of the molecule is Cc1ccc(-c2ocnc2I)cc1. The van der Waals surface area contributed by atoms with Crippen molar-refractivity contribution < 1.29 is 4.42 Å². The number of benzene rings is 1. The van der Waals surface area contributed by atoms with Gasteiger partial charge in [0.05, 0.1) is 0 Å². The van der Waals surface area contributed by atoms with E-state index in [2.05, 4.69) is 46.6 Å². The van der Waals surface area contributed by atoms with Crippen LogP contribution in [0.5, 0.6) is 0 Å². The summed E-state index contributed by atoms with van der Waals surface area (Å²) in [6, 6.07) is 8.21. The molecule has 3 heteroatoms. The molecule has 0 N–H and O–H groups in total. The van der Waals surface area contributed by atoms with Gasteiger partial charge in [0.25, 0.3) is 0 Å². The topological polar surface area (TPSA) is 26.0 Å². The minimum Gasteiger partial charge on any atom is -0.442 e. The average molecular weight is 285 g/mol. The molecule has 0 aliphatic carbocycles. The fourth-order valence-corrected chi connectivity index (χ4v) is 1.68. The molecule has 0 aliphatic heterocycles. The first-order chi connectivity index (χ1) is 6.27. The highest BCUT2D eigenvalue weighted by Crippen LogP contribution is 2.24. The van der Waals surface area contributed by atoms with E-state index in [9.17, 15) is 0 Å². The summed E-state index contributed by atoms with van der Waals surface area (Å²) in [6.07, 6.45) is 1.47. The van der Waals surface area contributed by atoms with Gasteiger partial charge in [0, 0.05) is 5.56 Å². The molecule has 13 heavy (non-hydrogen) atoms. The monoisotopic (exact) mass is 285 g/mol. The van der Waals surface area contributed by atoms with E-state index in [-0.39, 0.29) is 0 Å². The van der Waals surface area contributed by atoms with Crippen LogP contribution in [0, 0.1) is 10.6 Å². The van der Waals surface area contributed by atoms with Gasteiger partial charge in [0.2, 0.25) is 0 Å². The lowest BCUT2D eigenvalue weighted by Crippen LogP contribution is -1.78. The second kappa shape index (κ2) is 3.49.